The van der Waals surface area contributed by atoms with Gasteiger partial charge in [-0.2, -0.15) is 0 Å². The first-order valence-corrected chi connectivity index (χ1v) is 11.4. The summed E-state index contributed by atoms with van der Waals surface area (Å²) in [4.78, 5) is 20.1. The first kappa shape index (κ1) is 19.8. The molecular formula is C23H21N3O3S. The molecule has 7 heteroatoms. The summed E-state index contributed by atoms with van der Waals surface area (Å²) in [6.07, 6.45) is 5.21. The summed E-state index contributed by atoms with van der Waals surface area (Å²) in [5.74, 6) is -0.151. The SMILES string of the molecule is CS(=O)(=O)c1cccc(-c2ccc(C(=O)NCCc3cnc[nH]3)c3ccccc23)c1. The summed E-state index contributed by atoms with van der Waals surface area (Å²) in [5, 5.41) is 4.66. The number of benzene rings is 3. The number of hydrogen-bond donors (Lipinski definition) is 2. The lowest BCUT2D eigenvalue weighted by molar-refractivity contribution is 0.0955. The number of nitrogens with zero attached hydrogens (tertiary/aromatic N) is 1. The molecule has 0 aliphatic heterocycles. The number of sulfone groups is 1. The van der Waals surface area contributed by atoms with Crippen LogP contribution in [-0.4, -0.2) is 37.1 Å². The predicted molar refractivity (Wildman–Crippen MR) is 117 cm³/mol. The van der Waals surface area contributed by atoms with Gasteiger partial charge in [0.1, 0.15) is 0 Å². The van der Waals surface area contributed by atoms with Crippen molar-refractivity contribution in [3.63, 3.8) is 0 Å². The molecule has 0 unspecified atom stereocenters. The van der Waals surface area contributed by atoms with Gasteiger partial charge in [0.2, 0.25) is 0 Å². The number of H-pyrrole nitrogens is 1. The van der Waals surface area contributed by atoms with Crippen molar-refractivity contribution in [2.24, 2.45) is 0 Å². The fourth-order valence-corrected chi connectivity index (χ4v) is 4.14. The highest BCUT2D eigenvalue weighted by Gasteiger charge is 2.14. The van der Waals surface area contributed by atoms with Gasteiger partial charge >= 0.3 is 0 Å². The van der Waals surface area contributed by atoms with Crippen LogP contribution in [0.2, 0.25) is 0 Å². The van der Waals surface area contributed by atoms with Crippen molar-refractivity contribution in [2.45, 2.75) is 11.3 Å². The number of carbonyl (C=O) groups excluding carboxylic acids is 1. The lowest BCUT2D eigenvalue weighted by Gasteiger charge is -2.12. The van der Waals surface area contributed by atoms with Gasteiger partial charge in [0.25, 0.3) is 5.91 Å². The molecule has 2 N–H and O–H groups in total. The lowest BCUT2D eigenvalue weighted by Crippen LogP contribution is -2.26. The molecule has 1 heterocycles. The molecule has 0 saturated carbocycles. The molecular weight excluding hydrogens is 398 g/mol. The van der Waals surface area contributed by atoms with Gasteiger partial charge in [-0.15, -0.1) is 0 Å². The third-order valence-corrected chi connectivity index (χ3v) is 6.09. The van der Waals surface area contributed by atoms with E-state index in [4.69, 9.17) is 0 Å². The van der Waals surface area contributed by atoms with Crippen molar-refractivity contribution in [3.8, 4) is 11.1 Å². The summed E-state index contributed by atoms with van der Waals surface area (Å²) in [6.45, 7) is 0.494. The number of aromatic nitrogens is 2. The molecule has 0 fully saturated rings. The van der Waals surface area contributed by atoms with Gasteiger partial charge in [0.15, 0.2) is 9.84 Å². The highest BCUT2D eigenvalue weighted by Crippen LogP contribution is 2.32. The molecule has 4 rings (SSSR count). The standard InChI is InChI=1S/C23H21N3O3S/c1-30(28,29)18-6-4-5-16(13-18)19-9-10-22(21-8-3-2-7-20(19)21)23(27)25-12-11-17-14-24-15-26-17/h2-10,13-15H,11-12H2,1H3,(H,24,26)(H,25,27). The van der Waals surface area contributed by atoms with Crippen LogP contribution in [0.5, 0.6) is 0 Å². The Bertz CT molecular complexity index is 1310. The molecule has 0 aliphatic rings. The van der Waals surface area contributed by atoms with Crippen LogP contribution in [0.15, 0.2) is 78.1 Å². The van der Waals surface area contributed by atoms with Gasteiger partial charge in [-0.1, -0.05) is 42.5 Å². The maximum Gasteiger partial charge on any atom is 0.251 e. The monoisotopic (exact) mass is 419 g/mol. The van der Waals surface area contributed by atoms with Crippen LogP contribution in [0.1, 0.15) is 16.1 Å². The summed E-state index contributed by atoms with van der Waals surface area (Å²) >= 11 is 0. The van der Waals surface area contributed by atoms with Crippen molar-refractivity contribution >= 4 is 26.5 Å². The number of nitrogens with one attached hydrogen (secondary N) is 2. The van der Waals surface area contributed by atoms with E-state index in [0.29, 0.717) is 18.5 Å². The van der Waals surface area contributed by atoms with E-state index in [9.17, 15) is 13.2 Å². The molecule has 0 spiro atoms. The third kappa shape index (κ3) is 4.11. The molecule has 0 bridgehead atoms. The molecule has 152 valence electrons. The van der Waals surface area contributed by atoms with Gasteiger partial charge in [-0.25, -0.2) is 13.4 Å². The minimum atomic E-state index is -3.31. The van der Waals surface area contributed by atoms with Crippen LogP contribution in [0.25, 0.3) is 21.9 Å². The Hall–Kier alpha value is -3.45. The predicted octanol–water partition coefficient (Wildman–Crippen LogP) is 3.61. The van der Waals surface area contributed by atoms with E-state index in [-0.39, 0.29) is 10.8 Å². The van der Waals surface area contributed by atoms with E-state index in [1.807, 2.05) is 36.4 Å². The molecule has 0 aliphatic carbocycles. The zero-order valence-electron chi connectivity index (χ0n) is 16.4. The molecule has 6 nitrogen and oxygen atoms in total. The molecule has 0 saturated heterocycles. The normalized spacial score (nSPS) is 11.5. The maximum absolute atomic E-state index is 12.8. The van der Waals surface area contributed by atoms with Gasteiger partial charge in [-0.3, -0.25) is 4.79 Å². The van der Waals surface area contributed by atoms with Crippen molar-refractivity contribution in [2.75, 3.05) is 12.8 Å². The van der Waals surface area contributed by atoms with Crippen LogP contribution in [-0.2, 0) is 16.3 Å². The molecule has 0 atom stereocenters. The minimum absolute atomic E-state index is 0.151. The zero-order valence-corrected chi connectivity index (χ0v) is 17.2. The van der Waals surface area contributed by atoms with E-state index in [1.54, 1.807) is 36.8 Å². The van der Waals surface area contributed by atoms with E-state index >= 15 is 0 Å². The average molecular weight is 420 g/mol. The topological polar surface area (TPSA) is 91.9 Å². The van der Waals surface area contributed by atoms with E-state index in [0.717, 1.165) is 27.6 Å². The molecule has 0 radical (unpaired) electrons. The fourth-order valence-electron chi connectivity index (χ4n) is 3.47. The van der Waals surface area contributed by atoms with Crippen molar-refractivity contribution in [3.05, 3.63) is 84.4 Å². The zero-order chi connectivity index (χ0) is 21.1. The van der Waals surface area contributed by atoms with Crippen LogP contribution < -0.4 is 5.32 Å². The second-order valence-corrected chi connectivity index (χ2v) is 9.10. The second kappa shape index (κ2) is 8.12. The van der Waals surface area contributed by atoms with Gasteiger partial charge in [0, 0.05) is 36.7 Å². The Morgan fingerprint density at radius 1 is 1.03 bits per heavy atom. The highest BCUT2D eigenvalue weighted by atomic mass is 32.2. The quantitative estimate of drug-likeness (QED) is 0.499. The maximum atomic E-state index is 12.8. The van der Waals surface area contributed by atoms with E-state index in [2.05, 4.69) is 15.3 Å². The summed E-state index contributed by atoms with van der Waals surface area (Å²) < 4.78 is 23.9. The number of amides is 1. The Kier molecular flexibility index (Phi) is 5.37. The summed E-state index contributed by atoms with van der Waals surface area (Å²) in [5.41, 5.74) is 3.21. The Morgan fingerprint density at radius 2 is 1.83 bits per heavy atom. The highest BCUT2D eigenvalue weighted by molar-refractivity contribution is 7.90. The van der Waals surface area contributed by atoms with Crippen LogP contribution >= 0.6 is 0 Å². The smallest absolute Gasteiger partial charge is 0.251 e. The largest absolute Gasteiger partial charge is 0.352 e. The van der Waals surface area contributed by atoms with Gasteiger partial charge in [0.05, 0.1) is 11.2 Å². The summed E-state index contributed by atoms with van der Waals surface area (Å²) in [6, 6.07) is 18.2. The van der Waals surface area contributed by atoms with Gasteiger partial charge < -0.3 is 10.3 Å². The molecule has 4 aromatic rings. The van der Waals surface area contributed by atoms with Crippen LogP contribution in [0.3, 0.4) is 0 Å². The molecule has 1 amide bonds. The first-order chi connectivity index (χ1) is 14.4. The molecule has 1 aromatic heterocycles. The fraction of sp³-hybridized carbons (Fsp3) is 0.130. The number of aromatic amines is 1. The second-order valence-electron chi connectivity index (χ2n) is 7.09. The average Bonchev–Trinajstić information content (AvgIpc) is 3.26. The van der Waals surface area contributed by atoms with Crippen molar-refractivity contribution in [1.29, 1.82) is 0 Å². The number of rotatable bonds is 6. The summed E-state index contributed by atoms with van der Waals surface area (Å²) in [7, 11) is -3.31. The van der Waals surface area contributed by atoms with E-state index in [1.165, 1.54) is 6.26 Å². The lowest BCUT2D eigenvalue weighted by atomic mass is 9.95. The Balaban J connectivity index is 1.68. The number of imidazole rings is 1. The van der Waals surface area contributed by atoms with Crippen LogP contribution in [0.4, 0.5) is 0 Å². The third-order valence-electron chi connectivity index (χ3n) is 4.98. The minimum Gasteiger partial charge on any atom is -0.352 e. The molecule has 3 aromatic carbocycles. The number of hydrogen-bond acceptors (Lipinski definition) is 4. The Labute approximate surface area is 174 Å². The van der Waals surface area contributed by atoms with Crippen molar-refractivity contribution < 1.29 is 13.2 Å². The van der Waals surface area contributed by atoms with E-state index < -0.39 is 9.84 Å². The Morgan fingerprint density at radius 3 is 2.57 bits per heavy atom. The number of fused-ring (bicyclic) bond motifs is 1. The first-order valence-electron chi connectivity index (χ1n) is 9.51. The van der Waals surface area contributed by atoms with Crippen LogP contribution in [0, 0.1) is 0 Å². The van der Waals surface area contributed by atoms with Crippen molar-refractivity contribution in [1.82, 2.24) is 15.3 Å². The van der Waals surface area contributed by atoms with Gasteiger partial charge in [-0.05, 0) is 40.1 Å². The number of carbonyl (C=O) groups is 1. The molecule has 30 heavy (non-hydrogen) atoms.